The van der Waals surface area contributed by atoms with Gasteiger partial charge in [0, 0.05) is 16.5 Å². The number of carboxylic acid groups (broad SMARTS) is 1. The Labute approximate surface area is 226 Å². The van der Waals surface area contributed by atoms with Gasteiger partial charge in [0.2, 0.25) is 5.91 Å². The van der Waals surface area contributed by atoms with Crippen molar-refractivity contribution in [3.63, 3.8) is 0 Å². The van der Waals surface area contributed by atoms with Gasteiger partial charge in [-0.05, 0) is 36.1 Å². The molecule has 5 rings (SSSR count). The Morgan fingerprint density at radius 3 is 2.26 bits per heavy atom. The van der Waals surface area contributed by atoms with Crippen LogP contribution in [0, 0.1) is 5.41 Å². The summed E-state index contributed by atoms with van der Waals surface area (Å²) < 4.78 is 0.934. The standard InChI is InChI=1S/C29H32N4O4S/c1-33(2)13-11-32(12-14-33)27(36)21-9-7-20(8-10-21)24-19-38-25(31-24)18-30-28(37)29(17-26(34)35)15-22-5-3-4-6-23(22)16-29/h3-10,19H,11-18H2,1-2H3,(H-,30,34,35,37)/p+1. The first-order chi connectivity index (χ1) is 18.1. The van der Waals surface area contributed by atoms with Crippen LogP contribution in [0.5, 0.6) is 0 Å². The van der Waals surface area contributed by atoms with Gasteiger partial charge in [0.1, 0.15) is 5.01 Å². The number of hydrogen-bond donors (Lipinski definition) is 2. The number of nitrogens with zero attached hydrogens (tertiary/aromatic N) is 3. The molecule has 3 aromatic rings. The number of fused-ring (bicyclic) bond motifs is 1. The number of rotatable bonds is 7. The van der Waals surface area contributed by atoms with Crippen LogP contribution >= 0.6 is 11.3 Å². The molecule has 38 heavy (non-hydrogen) atoms. The predicted molar refractivity (Wildman–Crippen MR) is 146 cm³/mol. The van der Waals surface area contributed by atoms with Crippen molar-refractivity contribution in [1.29, 1.82) is 0 Å². The Balaban J connectivity index is 1.21. The molecule has 2 N–H and O–H groups in total. The topological polar surface area (TPSA) is 99.6 Å². The molecule has 198 valence electrons. The summed E-state index contributed by atoms with van der Waals surface area (Å²) in [6.07, 6.45) is 0.629. The zero-order chi connectivity index (χ0) is 26.9. The molecular weight excluding hydrogens is 500 g/mol. The molecule has 0 spiro atoms. The Hall–Kier alpha value is -3.56. The first-order valence-corrected chi connectivity index (χ1v) is 13.8. The first-order valence-electron chi connectivity index (χ1n) is 12.9. The number of amides is 2. The van der Waals surface area contributed by atoms with Crippen LogP contribution in [-0.4, -0.2) is 77.5 Å². The van der Waals surface area contributed by atoms with E-state index in [1.54, 1.807) is 0 Å². The average Bonchev–Trinajstić information content (AvgIpc) is 3.51. The van der Waals surface area contributed by atoms with Crippen molar-refractivity contribution < 1.29 is 24.0 Å². The van der Waals surface area contributed by atoms with Crippen molar-refractivity contribution in [1.82, 2.24) is 15.2 Å². The summed E-state index contributed by atoms with van der Waals surface area (Å²) in [5.74, 6) is -1.17. The van der Waals surface area contributed by atoms with Gasteiger partial charge < -0.3 is 19.8 Å². The Bertz CT molecular complexity index is 1330. The van der Waals surface area contributed by atoms with Gasteiger partial charge in [-0.25, -0.2) is 4.98 Å². The molecular formula is C29H33N4O4S+. The zero-order valence-electron chi connectivity index (χ0n) is 21.8. The van der Waals surface area contributed by atoms with Crippen LogP contribution in [0.2, 0.25) is 0 Å². The Kier molecular flexibility index (Phi) is 7.07. The highest BCUT2D eigenvalue weighted by molar-refractivity contribution is 7.09. The highest BCUT2D eigenvalue weighted by Crippen LogP contribution is 2.40. The summed E-state index contributed by atoms with van der Waals surface area (Å²) in [5.41, 5.74) is 3.44. The van der Waals surface area contributed by atoms with Gasteiger partial charge in [-0.3, -0.25) is 14.4 Å². The van der Waals surface area contributed by atoms with Crippen LogP contribution < -0.4 is 5.32 Å². The van der Waals surface area contributed by atoms with Crippen LogP contribution in [0.4, 0.5) is 0 Å². The van der Waals surface area contributed by atoms with Crippen LogP contribution in [0.25, 0.3) is 11.3 Å². The fourth-order valence-electron chi connectivity index (χ4n) is 5.39. The summed E-state index contributed by atoms with van der Waals surface area (Å²) in [6.45, 7) is 3.66. The minimum Gasteiger partial charge on any atom is -0.481 e. The number of aliphatic carboxylic acids is 1. The van der Waals surface area contributed by atoms with Crippen LogP contribution in [0.15, 0.2) is 53.9 Å². The van der Waals surface area contributed by atoms with E-state index in [4.69, 9.17) is 0 Å². The maximum absolute atomic E-state index is 13.3. The van der Waals surface area contributed by atoms with Crippen molar-refractivity contribution in [2.75, 3.05) is 40.3 Å². The minimum absolute atomic E-state index is 0.0577. The normalized spacial score (nSPS) is 17.6. The highest BCUT2D eigenvalue weighted by atomic mass is 32.1. The molecule has 2 aromatic carbocycles. The lowest BCUT2D eigenvalue weighted by Crippen LogP contribution is -2.56. The van der Waals surface area contributed by atoms with Gasteiger partial charge in [0.25, 0.3) is 5.91 Å². The molecule has 0 saturated carbocycles. The zero-order valence-corrected chi connectivity index (χ0v) is 22.6. The number of piperazine rings is 1. The monoisotopic (exact) mass is 533 g/mol. The van der Waals surface area contributed by atoms with E-state index in [0.29, 0.717) is 18.4 Å². The summed E-state index contributed by atoms with van der Waals surface area (Å²) in [6, 6.07) is 15.3. The van der Waals surface area contributed by atoms with E-state index in [9.17, 15) is 19.5 Å². The molecule has 2 amide bonds. The number of likely N-dealkylation sites (N-methyl/N-ethyl adjacent to an activating group) is 1. The molecule has 2 aliphatic rings. The van der Waals surface area contributed by atoms with Crippen LogP contribution in [0.1, 0.15) is 32.9 Å². The smallest absolute Gasteiger partial charge is 0.304 e. The van der Waals surface area contributed by atoms with E-state index in [2.05, 4.69) is 24.4 Å². The van der Waals surface area contributed by atoms with E-state index in [1.165, 1.54) is 11.3 Å². The number of carboxylic acids is 1. The van der Waals surface area contributed by atoms with Crippen molar-refractivity contribution in [3.8, 4) is 11.3 Å². The quantitative estimate of drug-likeness (QED) is 0.455. The van der Waals surface area contributed by atoms with E-state index in [1.807, 2.05) is 58.8 Å². The molecule has 2 heterocycles. The number of carbonyl (C=O) groups excluding carboxylic acids is 2. The number of aromatic nitrogens is 1. The predicted octanol–water partition coefficient (Wildman–Crippen LogP) is 3.22. The lowest BCUT2D eigenvalue weighted by molar-refractivity contribution is -0.894. The fourth-order valence-corrected chi connectivity index (χ4v) is 6.14. The van der Waals surface area contributed by atoms with Crippen molar-refractivity contribution in [3.05, 3.63) is 75.6 Å². The minimum atomic E-state index is -0.985. The lowest BCUT2D eigenvalue weighted by atomic mass is 9.80. The second kappa shape index (κ2) is 10.3. The maximum atomic E-state index is 13.3. The van der Waals surface area contributed by atoms with Gasteiger partial charge in [0.05, 0.1) is 64.3 Å². The van der Waals surface area contributed by atoms with Gasteiger partial charge in [-0.15, -0.1) is 11.3 Å². The van der Waals surface area contributed by atoms with Gasteiger partial charge in [-0.1, -0.05) is 36.4 Å². The van der Waals surface area contributed by atoms with Gasteiger partial charge in [-0.2, -0.15) is 0 Å². The molecule has 1 saturated heterocycles. The van der Waals surface area contributed by atoms with Crippen molar-refractivity contribution in [2.45, 2.75) is 25.8 Å². The molecule has 1 aromatic heterocycles. The molecule has 0 unspecified atom stereocenters. The molecule has 1 fully saturated rings. The Morgan fingerprint density at radius 2 is 1.66 bits per heavy atom. The molecule has 0 bridgehead atoms. The average molecular weight is 534 g/mol. The third kappa shape index (κ3) is 5.49. The molecule has 1 aliphatic heterocycles. The third-order valence-corrected chi connectivity index (χ3v) is 8.61. The number of nitrogens with one attached hydrogen (secondary N) is 1. The number of benzene rings is 2. The van der Waals surface area contributed by atoms with Crippen LogP contribution in [-0.2, 0) is 29.0 Å². The summed E-state index contributed by atoms with van der Waals surface area (Å²) in [4.78, 5) is 44.4. The molecule has 0 atom stereocenters. The SMILES string of the molecule is C[N+]1(C)CCN(C(=O)c2ccc(-c3csc(CNC(=O)C4(CC(=O)O)Cc5ccccc5C4)n3)cc2)CC1. The molecule has 9 heteroatoms. The van der Waals surface area contributed by atoms with Crippen molar-refractivity contribution >= 4 is 29.1 Å². The van der Waals surface area contributed by atoms with Crippen LogP contribution in [0.3, 0.4) is 0 Å². The largest absolute Gasteiger partial charge is 0.481 e. The van der Waals surface area contributed by atoms with E-state index >= 15 is 0 Å². The summed E-state index contributed by atoms with van der Waals surface area (Å²) in [5, 5.41) is 15.1. The molecule has 0 radical (unpaired) electrons. The fraction of sp³-hybridized carbons (Fsp3) is 0.379. The highest BCUT2D eigenvalue weighted by Gasteiger charge is 2.45. The van der Waals surface area contributed by atoms with Gasteiger partial charge in [0.15, 0.2) is 0 Å². The molecule has 1 aliphatic carbocycles. The third-order valence-electron chi connectivity index (χ3n) is 7.76. The Morgan fingerprint density at radius 1 is 1.03 bits per heavy atom. The van der Waals surface area contributed by atoms with E-state index < -0.39 is 11.4 Å². The number of thiazole rings is 1. The maximum Gasteiger partial charge on any atom is 0.304 e. The number of quaternary nitrogens is 1. The van der Waals surface area contributed by atoms with Gasteiger partial charge >= 0.3 is 5.97 Å². The summed E-state index contributed by atoms with van der Waals surface area (Å²) >= 11 is 1.44. The first kappa shape index (κ1) is 26.1. The summed E-state index contributed by atoms with van der Waals surface area (Å²) in [7, 11) is 4.37. The second-order valence-corrected chi connectivity index (χ2v) is 12.0. The number of carbonyl (C=O) groups is 3. The van der Waals surface area contributed by atoms with E-state index in [0.717, 1.165) is 58.1 Å². The van der Waals surface area contributed by atoms with E-state index in [-0.39, 0.29) is 24.8 Å². The second-order valence-electron chi connectivity index (χ2n) is 11.0. The lowest BCUT2D eigenvalue weighted by Gasteiger charge is -2.39. The van der Waals surface area contributed by atoms with Crippen molar-refractivity contribution in [2.24, 2.45) is 5.41 Å². The molecule has 8 nitrogen and oxygen atoms in total. The number of hydrogen-bond acceptors (Lipinski definition) is 5.